The van der Waals surface area contributed by atoms with Gasteiger partial charge in [-0.25, -0.2) is 13.1 Å². The molecule has 0 saturated heterocycles. The van der Waals surface area contributed by atoms with E-state index >= 15 is 0 Å². The number of benzene rings is 2. The van der Waals surface area contributed by atoms with E-state index in [1.165, 1.54) is 0 Å². The number of hydrogen-bond acceptors (Lipinski definition) is 2. The summed E-state index contributed by atoms with van der Waals surface area (Å²) in [5.41, 5.74) is 0.112. The monoisotopic (exact) mass is 291 g/mol. The normalized spacial score (nSPS) is 12.8. The van der Waals surface area contributed by atoms with Crippen molar-refractivity contribution < 1.29 is 8.42 Å². The standard InChI is InChI=1S/C16H21NO2S/c1-16(2,3)11-12-17-20(18,19)15-10-6-8-13-7-4-5-9-14(13)15/h4-10,17H,11-12H2,1-3H3. The van der Waals surface area contributed by atoms with E-state index in [1.54, 1.807) is 12.1 Å². The zero-order valence-corrected chi connectivity index (χ0v) is 13.0. The average Bonchev–Trinajstić information content (AvgIpc) is 2.36. The Balaban J connectivity index is 2.28. The van der Waals surface area contributed by atoms with Gasteiger partial charge in [0, 0.05) is 11.9 Å². The maximum atomic E-state index is 12.4. The van der Waals surface area contributed by atoms with Crippen molar-refractivity contribution in [3.05, 3.63) is 42.5 Å². The number of nitrogens with one attached hydrogen (secondary N) is 1. The lowest BCUT2D eigenvalue weighted by Crippen LogP contribution is -2.27. The fraction of sp³-hybridized carbons (Fsp3) is 0.375. The van der Waals surface area contributed by atoms with Crippen LogP contribution in [0, 0.1) is 5.41 Å². The fourth-order valence-electron chi connectivity index (χ4n) is 2.07. The predicted molar refractivity (Wildman–Crippen MR) is 83.2 cm³/mol. The number of fused-ring (bicyclic) bond motifs is 1. The molecule has 0 aliphatic carbocycles. The third-order valence-corrected chi connectivity index (χ3v) is 4.73. The molecule has 108 valence electrons. The van der Waals surface area contributed by atoms with Crippen LogP contribution in [0.2, 0.25) is 0 Å². The smallest absolute Gasteiger partial charge is 0.211 e. The van der Waals surface area contributed by atoms with Crippen LogP contribution in [0.3, 0.4) is 0 Å². The molecule has 0 aliphatic rings. The fourth-order valence-corrected chi connectivity index (χ4v) is 3.33. The van der Waals surface area contributed by atoms with Gasteiger partial charge in [-0.1, -0.05) is 57.2 Å². The first kappa shape index (κ1) is 15.0. The Kier molecular flexibility index (Phi) is 4.16. The van der Waals surface area contributed by atoms with Crippen LogP contribution in [0.25, 0.3) is 10.8 Å². The van der Waals surface area contributed by atoms with Crippen LogP contribution in [0.5, 0.6) is 0 Å². The van der Waals surface area contributed by atoms with Gasteiger partial charge in [-0.15, -0.1) is 0 Å². The van der Waals surface area contributed by atoms with Crippen molar-refractivity contribution in [2.24, 2.45) is 5.41 Å². The third-order valence-electron chi connectivity index (χ3n) is 3.21. The Labute approximate surface area is 121 Å². The summed E-state index contributed by atoms with van der Waals surface area (Å²) in [6.45, 7) is 6.74. The van der Waals surface area contributed by atoms with Gasteiger partial charge in [0.2, 0.25) is 10.0 Å². The van der Waals surface area contributed by atoms with Gasteiger partial charge >= 0.3 is 0 Å². The minimum absolute atomic E-state index is 0.112. The zero-order valence-electron chi connectivity index (χ0n) is 12.2. The lowest BCUT2D eigenvalue weighted by atomic mass is 9.93. The molecular weight excluding hydrogens is 270 g/mol. The summed E-state index contributed by atoms with van der Waals surface area (Å²) >= 11 is 0. The minimum Gasteiger partial charge on any atom is -0.211 e. The average molecular weight is 291 g/mol. The Morgan fingerprint density at radius 2 is 1.65 bits per heavy atom. The molecule has 0 unspecified atom stereocenters. The van der Waals surface area contributed by atoms with Gasteiger partial charge in [-0.05, 0) is 23.3 Å². The molecule has 0 atom stereocenters. The van der Waals surface area contributed by atoms with E-state index in [1.807, 2.05) is 30.3 Å². The van der Waals surface area contributed by atoms with E-state index in [0.29, 0.717) is 11.4 Å². The molecule has 0 amide bonds. The van der Waals surface area contributed by atoms with E-state index in [2.05, 4.69) is 25.5 Å². The van der Waals surface area contributed by atoms with Crippen molar-refractivity contribution in [3.8, 4) is 0 Å². The van der Waals surface area contributed by atoms with Crippen molar-refractivity contribution in [3.63, 3.8) is 0 Å². The molecule has 0 bridgehead atoms. The molecular formula is C16H21NO2S. The first-order valence-corrected chi connectivity index (χ1v) is 8.25. The molecule has 2 aromatic carbocycles. The SMILES string of the molecule is CC(C)(C)CCNS(=O)(=O)c1cccc2ccccc12. The first-order valence-electron chi connectivity index (χ1n) is 6.77. The van der Waals surface area contributed by atoms with E-state index in [9.17, 15) is 8.42 Å². The topological polar surface area (TPSA) is 46.2 Å². The van der Waals surface area contributed by atoms with Crippen LogP contribution in [-0.2, 0) is 10.0 Å². The largest absolute Gasteiger partial charge is 0.241 e. The Bertz CT molecular complexity index is 694. The Morgan fingerprint density at radius 1 is 1.00 bits per heavy atom. The van der Waals surface area contributed by atoms with Gasteiger partial charge in [-0.3, -0.25) is 0 Å². The zero-order chi connectivity index (χ0) is 14.8. The van der Waals surface area contributed by atoms with Gasteiger partial charge in [-0.2, -0.15) is 0 Å². The molecule has 2 rings (SSSR count). The van der Waals surface area contributed by atoms with Crippen LogP contribution in [0.1, 0.15) is 27.2 Å². The Hall–Kier alpha value is -1.39. The number of hydrogen-bond donors (Lipinski definition) is 1. The molecule has 0 saturated carbocycles. The highest BCUT2D eigenvalue weighted by Crippen LogP contribution is 2.23. The highest BCUT2D eigenvalue weighted by atomic mass is 32.2. The molecule has 0 spiro atoms. The van der Waals surface area contributed by atoms with Gasteiger partial charge in [0.05, 0.1) is 4.90 Å². The lowest BCUT2D eigenvalue weighted by molar-refractivity contribution is 0.378. The van der Waals surface area contributed by atoms with E-state index in [-0.39, 0.29) is 5.41 Å². The van der Waals surface area contributed by atoms with Gasteiger partial charge in [0.15, 0.2) is 0 Å². The van der Waals surface area contributed by atoms with Crippen molar-refractivity contribution >= 4 is 20.8 Å². The Morgan fingerprint density at radius 3 is 2.35 bits per heavy atom. The molecule has 0 heterocycles. The van der Waals surface area contributed by atoms with Crippen LogP contribution in [0.15, 0.2) is 47.4 Å². The van der Waals surface area contributed by atoms with Crippen LogP contribution in [0.4, 0.5) is 0 Å². The van der Waals surface area contributed by atoms with E-state index in [0.717, 1.165) is 17.2 Å². The van der Waals surface area contributed by atoms with Crippen LogP contribution < -0.4 is 4.72 Å². The lowest BCUT2D eigenvalue weighted by Gasteiger charge is -2.18. The molecule has 20 heavy (non-hydrogen) atoms. The predicted octanol–water partition coefficient (Wildman–Crippen LogP) is 3.55. The summed E-state index contributed by atoms with van der Waals surface area (Å²) in [7, 11) is -3.46. The van der Waals surface area contributed by atoms with Crippen molar-refractivity contribution in [1.29, 1.82) is 0 Å². The van der Waals surface area contributed by atoms with Gasteiger partial charge < -0.3 is 0 Å². The number of rotatable bonds is 4. The maximum Gasteiger partial charge on any atom is 0.241 e. The summed E-state index contributed by atoms with van der Waals surface area (Å²) < 4.78 is 27.5. The molecule has 0 fully saturated rings. The highest BCUT2D eigenvalue weighted by molar-refractivity contribution is 7.89. The summed E-state index contributed by atoms with van der Waals surface area (Å²) in [5, 5.41) is 1.70. The minimum atomic E-state index is -3.46. The summed E-state index contributed by atoms with van der Waals surface area (Å²) in [6.07, 6.45) is 0.803. The summed E-state index contributed by atoms with van der Waals surface area (Å²) in [4.78, 5) is 0.351. The molecule has 4 heteroatoms. The van der Waals surface area contributed by atoms with E-state index < -0.39 is 10.0 Å². The second-order valence-corrected chi connectivity index (χ2v) is 7.92. The quantitative estimate of drug-likeness (QED) is 0.936. The third kappa shape index (κ3) is 3.58. The molecule has 1 N–H and O–H groups in total. The number of sulfonamides is 1. The summed E-state index contributed by atoms with van der Waals surface area (Å²) in [6, 6.07) is 12.9. The van der Waals surface area contributed by atoms with Crippen molar-refractivity contribution in [2.75, 3.05) is 6.54 Å². The molecule has 2 aromatic rings. The second kappa shape index (κ2) is 5.54. The maximum absolute atomic E-state index is 12.4. The first-order chi connectivity index (χ1) is 9.30. The van der Waals surface area contributed by atoms with Gasteiger partial charge in [0.1, 0.15) is 0 Å². The van der Waals surface area contributed by atoms with Crippen molar-refractivity contribution in [1.82, 2.24) is 4.72 Å². The molecule has 0 aliphatic heterocycles. The van der Waals surface area contributed by atoms with Gasteiger partial charge in [0.25, 0.3) is 0 Å². The summed E-state index contributed by atoms with van der Waals surface area (Å²) in [5.74, 6) is 0. The molecule has 0 aromatic heterocycles. The van der Waals surface area contributed by atoms with Crippen molar-refractivity contribution in [2.45, 2.75) is 32.1 Å². The highest BCUT2D eigenvalue weighted by Gasteiger charge is 2.18. The second-order valence-electron chi connectivity index (χ2n) is 6.19. The van der Waals surface area contributed by atoms with Crippen LogP contribution in [-0.4, -0.2) is 15.0 Å². The molecule has 3 nitrogen and oxygen atoms in total. The van der Waals surface area contributed by atoms with E-state index in [4.69, 9.17) is 0 Å². The molecule has 0 radical (unpaired) electrons. The van der Waals surface area contributed by atoms with Crippen LogP contribution >= 0.6 is 0 Å².